The molecule has 1 aromatic rings. The standard InChI is InChI=1S/C12H16N2O5S/c1-9-4-10(5-13)2-3-11(9)20(18,19)14-12(6-15,7-16)8-17/h2-4,14-17H,6-8H2,1H3. The molecular formula is C12H16N2O5S. The number of nitrogens with one attached hydrogen (secondary N) is 1. The van der Waals surface area contributed by atoms with E-state index in [9.17, 15) is 8.42 Å². The fraction of sp³-hybridized carbons (Fsp3) is 0.417. The smallest absolute Gasteiger partial charge is 0.241 e. The zero-order valence-electron chi connectivity index (χ0n) is 10.9. The van der Waals surface area contributed by atoms with Crippen molar-refractivity contribution in [3.05, 3.63) is 29.3 Å². The van der Waals surface area contributed by atoms with Gasteiger partial charge in [-0.2, -0.15) is 9.98 Å². The number of hydrogen-bond acceptors (Lipinski definition) is 6. The Labute approximate surface area is 117 Å². The number of hydrogen-bond donors (Lipinski definition) is 4. The van der Waals surface area contributed by atoms with Crippen LogP contribution in [0, 0.1) is 18.3 Å². The van der Waals surface area contributed by atoms with E-state index in [1.54, 1.807) is 0 Å². The summed E-state index contributed by atoms with van der Waals surface area (Å²) in [5, 5.41) is 36.2. The normalized spacial score (nSPS) is 12.2. The summed E-state index contributed by atoms with van der Waals surface area (Å²) >= 11 is 0. The molecule has 0 radical (unpaired) electrons. The summed E-state index contributed by atoms with van der Waals surface area (Å²) < 4.78 is 26.5. The molecule has 110 valence electrons. The number of sulfonamides is 1. The number of benzene rings is 1. The van der Waals surface area contributed by atoms with Crippen LogP contribution in [0.3, 0.4) is 0 Å². The second kappa shape index (κ2) is 6.30. The highest BCUT2D eigenvalue weighted by Crippen LogP contribution is 2.18. The number of aliphatic hydroxyl groups excluding tert-OH is 3. The number of aliphatic hydroxyl groups is 3. The molecule has 0 spiro atoms. The molecular weight excluding hydrogens is 284 g/mol. The highest BCUT2D eigenvalue weighted by Gasteiger charge is 2.34. The number of nitrogens with zero attached hydrogens (tertiary/aromatic N) is 1. The molecule has 0 amide bonds. The zero-order chi connectivity index (χ0) is 15.4. The highest BCUT2D eigenvalue weighted by molar-refractivity contribution is 7.89. The average molecular weight is 300 g/mol. The summed E-state index contributed by atoms with van der Waals surface area (Å²) in [7, 11) is -4.05. The molecule has 4 N–H and O–H groups in total. The van der Waals surface area contributed by atoms with Crippen molar-refractivity contribution in [3.63, 3.8) is 0 Å². The second-order valence-electron chi connectivity index (χ2n) is 4.45. The number of nitriles is 1. The van der Waals surface area contributed by atoms with Crippen LogP contribution in [0.4, 0.5) is 0 Å². The van der Waals surface area contributed by atoms with Crippen LogP contribution in [0.15, 0.2) is 23.1 Å². The summed E-state index contributed by atoms with van der Waals surface area (Å²) in [5.74, 6) is 0. The van der Waals surface area contributed by atoms with Gasteiger partial charge in [0, 0.05) is 0 Å². The van der Waals surface area contributed by atoms with Crippen LogP contribution >= 0.6 is 0 Å². The van der Waals surface area contributed by atoms with Gasteiger partial charge in [-0.3, -0.25) is 0 Å². The van der Waals surface area contributed by atoms with Crippen LogP contribution in [-0.2, 0) is 10.0 Å². The Bertz CT molecular complexity index is 609. The molecule has 0 aliphatic rings. The van der Waals surface area contributed by atoms with Crippen LogP contribution in [-0.4, -0.2) is 49.1 Å². The van der Waals surface area contributed by atoms with Gasteiger partial charge in [-0.05, 0) is 30.7 Å². The molecule has 8 heteroatoms. The molecule has 0 aliphatic heterocycles. The van der Waals surface area contributed by atoms with Gasteiger partial charge in [0.2, 0.25) is 10.0 Å². The summed E-state index contributed by atoms with van der Waals surface area (Å²) in [4.78, 5) is -0.0868. The largest absolute Gasteiger partial charge is 0.394 e. The van der Waals surface area contributed by atoms with Gasteiger partial charge in [0.05, 0.1) is 36.3 Å². The van der Waals surface area contributed by atoms with E-state index >= 15 is 0 Å². The maximum Gasteiger partial charge on any atom is 0.241 e. The van der Waals surface area contributed by atoms with Gasteiger partial charge < -0.3 is 15.3 Å². The quantitative estimate of drug-likeness (QED) is 0.525. The minimum absolute atomic E-state index is 0.0868. The van der Waals surface area contributed by atoms with E-state index in [4.69, 9.17) is 20.6 Å². The summed E-state index contributed by atoms with van der Waals surface area (Å²) in [6, 6.07) is 5.91. The van der Waals surface area contributed by atoms with Crippen LogP contribution in [0.1, 0.15) is 11.1 Å². The Morgan fingerprint density at radius 2 is 1.80 bits per heavy atom. The fourth-order valence-corrected chi connectivity index (χ4v) is 3.21. The lowest BCUT2D eigenvalue weighted by molar-refractivity contribution is 0.0582. The van der Waals surface area contributed by atoms with Gasteiger partial charge in [0.15, 0.2) is 0 Å². The van der Waals surface area contributed by atoms with Crippen molar-refractivity contribution in [2.45, 2.75) is 17.4 Å². The Morgan fingerprint density at radius 1 is 1.25 bits per heavy atom. The van der Waals surface area contributed by atoms with E-state index in [0.29, 0.717) is 11.1 Å². The van der Waals surface area contributed by atoms with Crippen molar-refractivity contribution in [1.82, 2.24) is 4.72 Å². The number of rotatable bonds is 6. The van der Waals surface area contributed by atoms with E-state index in [2.05, 4.69) is 4.72 Å². The minimum atomic E-state index is -4.05. The lowest BCUT2D eigenvalue weighted by Gasteiger charge is -2.28. The van der Waals surface area contributed by atoms with Crippen LogP contribution in [0.5, 0.6) is 0 Å². The lowest BCUT2D eigenvalue weighted by atomic mass is 10.1. The van der Waals surface area contributed by atoms with Gasteiger partial charge in [0.1, 0.15) is 5.54 Å². The average Bonchev–Trinajstić information content (AvgIpc) is 2.44. The first-order valence-corrected chi connectivity index (χ1v) is 7.20. The van der Waals surface area contributed by atoms with Crippen molar-refractivity contribution < 1.29 is 23.7 Å². The molecule has 0 heterocycles. The Hall–Kier alpha value is -1.50. The van der Waals surface area contributed by atoms with Crippen LogP contribution < -0.4 is 4.72 Å². The highest BCUT2D eigenvalue weighted by atomic mass is 32.2. The Morgan fingerprint density at radius 3 is 2.20 bits per heavy atom. The van der Waals surface area contributed by atoms with Gasteiger partial charge in [-0.15, -0.1) is 0 Å². The first kappa shape index (κ1) is 16.6. The van der Waals surface area contributed by atoms with Crippen molar-refractivity contribution in [2.75, 3.05) is 19.8 Å². The molecule has 0 saturated carbocycles. The topological polar surface area (TPSA) is 131 Å². The molecule has 1 rings (SSSR count). The third-order valence-electron chi connectivity index (χ3n) is 2.85. The molecule has 0 aromatic heterocycles. The predicted octanol–water partition coefficient (Wildman–Crippen LogP) is -1.14. The molecule has 0 atom stereocenters. The minimum Gasteiger partial charge on any atom is -0.394 e. The summed E-state index contributed by atoms with van der Waals surface area (Å²) in [5.41, 5.74) is -1.07. The predicted molar refractivity (Wildman–Crippen MR) is 70.2 cm³/mol. The lowest BCUT2D eigenvalue weighted by Crippen LogP contribution is -2.56. The van der Waals surface area contributed by atoms with Gasteiger partial charge in [-0.1, -0.05) is 0 Å². The monoisotopic (exact) mass is 300 g/mol. The first-order valence-electron chi connectivity index (χ1n) is 5.71. The van der Waals surface area contributed by atoms with Gasteiger partial charge >= 0.3 is 0 Å². The van der Waals surface area contributed by atoms with Crippen molar-refractivity contribution >= 4 is 10.0 Å². The first-order chi connectivity index (χ1) is 9.34. The molecule has 0 aliphatic carbocycles. The molecule has 7 nitrogen and oxygen atoms in total. The van der Waals surface area contributed by atoms with E-state index in [1.807, 2.05) is 6.07 Å². The Balaban J connectivity index is 3.21. The molecule has 0 fully saturated rings. The third-order valence-corrected chi connectivity index (χ3v) is 4.59. The second-order valence-corrected chi connectivity index (χ2v) is 6.10. The molecule has 20 heavy (non-hydrogen) atoms. The van der Waals surface area contributed by atoms with E-state index in [-0.39, 0.29) is 4.90 Å². The molecule has 0 unspecified atom stereocenters. The van der Waals surface area contributed by atoms with Gasteiger partial charge in [-0.25, -0.2) is 8.42 Å². The summed E-state index contributed by atoms with van der Waals surface area (Å²) in [6.45, 7) is -0.744. The maximum atomic E-state index is 12.2. The van der Waals surface area contributed by atoms with E-state index in [0.717, 1.165) is 0 Å². The SMILES string of the molecule is Cc1cc(C#N)ccc1S(=O)(=O)NC(CO)(CO)CO. The van der Waals surface area contributed by atoms with E-state index < -0.39 is 35.4 Å². The third kappa shape index (κ3) is 3.33. The van der Waals surface area contributed by atoms with Crippen LogP contribution in [0.25, 0.3) is 0 Å². The van der Waals surface area contributed by atoms with Crippen molar-refractivity contribution in [2.24, 2.45) is 0 Å². The summed E-state index contributed by atoms with van der Waals surface area (Å²) in [6.07, 6.45) is 0. The zero-order valence-corrected chi connectivity index (χ0v) is 11.7. The molecule has 0 saturated heterocycles. The number of aryl methyl sites for hydroxylation is 1. The van der Waals surface area contributed by atoms with Crippen LogP contribution in [0.2, 0.25) is 0 Å². The molecule has 0 bridgehead atoms. The Kier molecular flexibility index (Phi) is 5.21. The fourth-order valence-electron chi connectivity index (χ4n) is 1.61. The van der Waals surface area contributed by atoms with Crippen molar-refractivity contribution in [3.8, 4) is 6.07 Å². The van der Waals surface area contributed by atoms with Crippen molar-refractivity contribution in [1.29, 1.82) is 5.26 Å². The van der Waals surface area contributed by atoms with Gasteiger partial charge in [0.25, 0.3) is 0 Å². The maximum absolute atomic E-state index is 12.2. The molecule has 1 aromatic carbocycles. The van der Waals surface area contributed by atoms with E-state index in [1.165, 1.54) is 25.1 Å².